The second-order valence-electron chi connectivity index (χ2n) is 4.60. The maximum absolute atomic E-state index is 10.8. The molecular weight excluding hydrogens is 204 g/mol. The lowest BCUT2D eigenvalue weighted by atomic mass is 10.0. The molecule has 0 aliphatic carbocycles. The molecule has 0 saturated carbocycles. The van der Waals surface area contributed by atoms with Crippen molar-refractivity contribution in [3.05, 3.63) is 23.7 Å². The molecule has 0 aromatic carbocycles. The molecule has 0 spiro atoms. The Morgan fingerprint density at radius 2 is 2.06 bits per heavy atom. The molecule has 0 aliphatic heterocycles. The molecule has 0 bridgehead atoms. The predicted molar refractivity (Wildman–Crippen MR) is 62.8 cm³/mol. The van der Waals surface area contributed by atoms with Crippen LogP contribution in [0.5, 0.6) is 0 Å². The van der Waals surface area contributed by atoms with E-state index in [9.17, 15) is 4.79 Å². The quantitative estimate of drug-likeness (QED) is 0.771. The van der Waals surface area contributed by atoms with Crippen molar-refractivity contribution >= 4 is 5.91 Å². The van der Waals surface area contributed by atoms with Crippen LogP contribution in [0.2, 0.25) is 0 Å². The summed E-state index contributed by atoms with van der Waals surface area (Å²) in [4.78, 5) is 10.8. The van der Waals surface area contributed by atoms with Crippen LogP contribution in [0.1, 0.15) is 38.7 Å². The van der Waals surface area contributed by atoms with Crippen LogP contribution >= 0.6 is 0 Å². The number of nitrogens with two attached hydrogens (primary N) is 1. The highest BCUT2D eigenvalue weighted by Crippen LogP contribution is 2.12. The van der Waals surface area contributed by atoms with Crippen LogP contribution < -0.4 is 11.1 Å². The van der Waals surface area contributed by atoms with Crippen molar-refractivity contribution in [1.82, 2.24) is 5.32 Å². The van der Waals surface area contributed by atoms with Crippen molar-refractivity contribution in [2.75, 3.05) is 0 Å². The number of carbonyl (C=O) groups excluding carboxylic acids is 1. The van der Waals surface area contributed by atoms with Gasteiger partial charge in [-0.2, -0.15) is 0 Å². The molecule has 3 N–H and O–H groups in total. The highest BCUT2D eigenvalue weighted by Gasteiger charge is 2.20. The summed E-state index contributed by atoms with van der Waals surface area (Å²) in [5.41, 5.74) is 4.87. The minimum absolute atomic E-state index is 0.300. The van der Waals surface area contributed by atoms with Gasteiger partial charge in [-0.15, -0.1) is 0 Å². The summed E-state index contributed by atoms with van der Waals surface area (Å²) < 4.78 is 5.55. The van der Waals surface area contributed by atoms with Gasteiger partial charge in [-0.25, -0.2) is 0 Å². The van der Waals surface area contributed by atoms with E-state index in [0.717, 1.165) is 17.9 Å². The lowest BCUT2D eigenvalue weighted by molar-refractivity contribution is -0.119. The van der Waals surface area contributed by atoms with Gasteiger partial charge in [0.15, 0.2) is 0 Å². The number of rotatable bonds is 6. The van der Waals surface area contributed by atoms with Crippen LogP contribution in [-0.4, -0.2) is 11.4 Å². The number of primary amides is 1. The highest BCUT2D eigenvalue weighted by molar-refractivity contribution is 5.74. The van der Waals surface area contributed by atoms with Gasteiger partial charge < -0.3 is 15.5 Å². The first kappa shape index (κ1) is 12.8. The fourth-order valence-corrected chi connectivity index (χ4v) is 1.53. The molecule has 16 heavy (non-hydrogen) atoms. The van der Waals surface area contributed by atoms with Crippen LogP contribution in [0, 0.1) is 0 Å². The topological polar surface area (TPSA) is 68.3 Å². The van der Waals surface area contributed by atoms with Gasteiger partial charge in [-0.05, 0) is 26.0 Å². The van der Waals surface area contributed by atoms with Crippen LogP contribution in [0.3, 0.4) is 0 Å². The molecule has 0 aliphatic rings. The van der Waals surface area contributed by atoms with E-state index < -0.39 is 0 Å². The van der Waals surface area contributed by atoms with E-state index in [1.807, 2.05) is 32.9 Å². The summed E-state index contributed by atoms with van der Waals surface area (Å²) in [5.74, 6) is 1.56. The smallest absolute Gasteiger partial charge is 0.219 e. The average molecular weight is 224 g/mol. The molecule has 4 heteroatoms. The normalized spacial score (nSPS) is 11.7. The number of carbonyl (C=O) groups is 1. The summed E-state index contributed by atoms with van der Waals surface area (Å²) in [6.07, 6.45) is 1.21. The molecular formula is C12H20N2O2. The monoisotopic (exact) mass is 224 g/mol. The Morgan fingerprint density at radius 3 is 2.56 bits per heavy atom. The Hall–Kier alpha value is -1.29. The number of hydrogen-bond acceptors (Lipinski definition) is 3. The maximum Gasteiger partial charge on any atom is 0.219 e. The number of amides is 1. The van der Waals surface area contributed by atoms with Crippen LogP contribution in [0.4, 0.5) is 0 Å². The fourth-order valence-electron chi connectivity index (χ4n) is 1.53. The van der Waals surface area contributed by atoms with Gasteiger partial charge in [0.05, 0.1) is 6.54 Å². The summed E-state index contributed by atoms with van der Waals surface area (Å²) in [5, 5.41) is 3.25. The number of furan rings is 1. The van der Waals surface area contributed by atoms with Gasteiger partial charge in [-0.1, -0.05) is 6.92 Å². The molecule has 0 atom stereocenters. The molecule has 1 aromatic rings. The Bertz CT molecular complexity index is 356. The SMILES string of the molecule is CCc1ccc(CNC(C)(C)CC(N)=O)o1. The third-order valence-electron chi connectivity index (χ3n) is 2.42. The van der Waals surface area contributed by atoms with Gasteiger partial charge in [0, 0.05) is 18.4 Å². The van der Waals surface area contributed by atoms with Gasteiger partial charge >= 0.3 is 0 Å². The molecule has 1 aromatic heterocycles. The first-order valence-corrected chi connectivity index (χ1v) is 5.54. The van der Waals surface area contributed by atoms with Gasteiger partial charge in [0.25, 0.3) is 0 Å². The molecule has 1 heterocycles. The summed E-state index contributed by atoms with van der Waals surface area (Å²) in [6.45, 7) is 6.55. The van der Waals surface area contributed by atoms with E-state index >= 15 is 0 Å². The number of aryl methyl sites for hydroxylation is 1. The molecule has 1 rings (SSSR count). The zero-order valence-electron chi connectivity index (χ0n) is 10.2. The van der Waals surface area contributed by atoms with Crippen molar-refractivity contribution in [3.8, 4) is 0 Å². The lowest BCUT2D eigenvalue weighted by Gasteiger charge is -2.24. The fraction of sp³-hybridized carbons (Fsp3) is 0.583. The highest BCUT2D eigenvalue weighted by atomic mass is 16.3. The largest absolute Gasteiger partial charge is 0.465 e. The first-order chi connectivity index (χ1) is 7.43. The van der Waals surface area contributed by atoms with Gasteiger partial charge in [0.1, 0.15) is 11.5 Å². The van der Waals surface area contributed by atoms with E-state index in [-0.39, 0.29) is 11.4 Å². The summed E-state index contributed by atoms with van der Waals surface area (Å²) in [6, 6.07) is 3.92. The summed E-state index contributed by atoms with van der Waals surface area (Å²) >= 11 is 0. The zero-order valence-corrected chi connectivity index (χ0v) is 10.2. The Kier molecular flexibility index (Phi) is 4.12. The third-order valence-corrected chi connectivity index (χ3v) is 2.42. The lowest BCUT2D eigenvalue weighted by Crippen LogP contribution is -2.42. The van der Waals surface area contributed by atoms with Gasteiger partial charge in [-0.3, -0.25) is 4.79 Å². The average Bonchev–Trinajstić information content (AvgIpc) is 2.60. The summed E-state index contributed by atoms with van der Waals surface area (Å²) in [7, 11) is 0. The van der Waals surface area contributed by atoms with Crippen molar-refractivity contribution in [1.29, 1.82) is 0 Å². The maximum atomic E-state index is 10.8. The van der Waals surface area contributed by atoms with Crippen molar-refractivity contribution in [2.24, 2.45) is 5.73 Å². The van der Waals surface area contributed by atoms with E-state index in [1.54, 1.807) is 0 Å². The van der Waals surface area contributed by atoms with E-state index in [0.29, 0.717) is 13.0 Å². The van der Waals surface area contributed by atoms with Crippen molar-refractivity contribution in [2.45, 2.75) is 45.7 Å². The molecule has 0 saturated heterocycles. The Labute approximate surface area is 96.2 Å². The molecule has 0 unspecified atom stereocenters. The number of nitrogens with one attached hydrogen (secondary N) is 1. The molecule has 4 nitrogen and oxygen atoms in total. The van der Waals surface area contributed by atoms with E-state index in [2.05, 4.69) is 5.32 Å². The Morgan fingerprint density at radius 1 is 1.44 bits per heavy atom. The minimum Gasteiger partial charge on any atom is -0.465 e. The second-order valence-corrected chi connectivity index (χ2v) is 4.60. The predicted octanol–water partition coefficient (Wildman–Crippen LogP) is 1.59. The number of hydrogen-bond donors (Lipinski definition) is 2. The standard InChI is InChI=1S/C12H20N2O2/c1-4-9-5-6-10(16-9)8-14-12(2,3)7-11(13)15/h5-6,14H,4,7-8H2,1-3H3,(H2,13,15). The van der Waals surface area contributed by atoms with E-state index in [4.69, 9.17) is 10.2 Å². The zero-order chi connectivity index (χ0) is 12.2. The molecule has 0 radical (unpaired) electrons. The molecule has 0 fully saturated rings. The van der Waals surface area contributed by atoms with Crippen LogP contribution in [0.15, 0.2) is 16.5 Å². The first-order valence-electron chi connectivity index (χ1n) is 5.54. The van der Waals surface area contributed by atoms with Crippen molar-refractivity contribution < 1.29 is 9.21 Å². The van der Waals surface area contributed by atoms with Crippen LogP contribution in [0.25, 0.3) is 0 Å². The second kappa shape index (κ2) is 5.16. The van der Waals surface area contributed by atoms with Crippen molar-refractivity contribution in [3.63, 3.8) is 0 Å². The van der Waals surface area contributed by atoms with E-state index in [1.165, 1.54) is 0 Å². The molecule has 1 amide bonds. The van der Waals surface area contributed by atoms with Gasteiger partial charge in [0.2, 0.25) is 5.91 Å². The Balaban J connectivity index is 2.47. The van der Waals surface area contributed by atoms with Crippen LogP contribution in [-0.2, 0) is 17.8 Å². The molecule has 90 valence electrons. The minimum atomic E-state index is -0.301. The third kappa shape index (κ3) is 4.06.